The highest BCUT2D eigenvalue weighted by atomic mass is 16.5. The molecule has 0 aliphatic rings. The third kappa shape index (κ3) is 2.51. The van der Waals surface area contributed by atoms with Crippen LogP contribution in [0.5, 0.6) is 0 Å². The molecule has 1 N–H and O–H groups in total. The molecule has 104 valence electrons. The molecule has 0 amide bonds. The van der Waals surface area contributed by atoms with Gasteiger partial charge in [-0.05, 0) is 36.8 Å². The van der Waals surface area contributed by atoms with Crippen LogP contribution in [0.15, 0.2) is 47.2 Å². The van der Waals surface area contributed by atoms with E-state index in [2.05, 4.69) is 15.1 Å². The van der Waals surface area contributed by atoms with E-state index < -0.39 is 5.97 Å². The first-order chi connectivity index (χ1) is 10.1. The van der Waals surface area contributed by atoms with Crippen LogP contribution in [-0.4, -0.2) is 26.2 Å². The predicted octanol–water partition coefficient (Wildman–Crippen LogP) is 2.81. The molecule has 6 nitrogen and oxygen atoms in total. The summed E-state index contributed by atoms with van der Waals surface area (Å²) in [6.07, 6.45) is 3.37. The van der Waals surface area contributed by atoms with Gasteiger partial charge in [-0.15, -0.1) is 0 Å². The fraction of sp³-hybridized carbons (Fsp3) is 0.0667. The van der Waals surface area contributed by atoms with Crippen molar-refractivity contribution in [1.82, 2.24) is 15.1 Å². The maximum Gasteiger partial charge on any atom is 0.335 e. The predicted molar refractivity (Wildman–Crippen MR) is 74.7 cm³/mol. The molecule has 2 heterocycles. The summed E-state index contributed by atoms with van der Waals surface area (Å²) in [6.45, 7) is 1.91. The molecule has 0 aliphatic carbocycles. The smallest absolute Gasteiger partial charge is 0.335 e. The number of nitrogens with zero attached hydrogens (tertiary/aromatic N) is 3. The van der Waals surface area contributed by atoms with Gasteiger partial charge in [0, 0.05) is 23.5 Å². The molecule has 21 heavy (non-hydrogen) atoms. The number of aryl methyl sites for hydroxylation is 1. The maximum absolute atomic E-state index is 11.0. The summed E-state index contributed by atoms with van der Waals surface area (Å²) < 4.78 is 5.22. The number of carbonyl (C=O) groups is 1. The van der Waals surface area contributed by atoms with Gasteiger partial charge in [-0.1, -0.05) is 11.2 Å². The lowest BCUT2D eigenvalue weighted by atomic mass is 10.1. The number of aromatic nitrogens is 3. The van der Waals surface area contributed by atoms with Crippen LogP contribution in [0.4, 0.5) is 0 Å². The van der Waals surface area contributed by atoms with E-state index in [4.69, 9.17) is 9.63 Å². The summed E-state index contributed by atoms with van der Waals surface area (Å²) in [6, 6.07) is 8.18. The molecule has 0 aliphatic heterocycles. The van der Waals surface area contributed by atoms with Gasteiger partial charge in [-0.25, -0.2) is 4.79 Å². The first-order valence-electron chi connectivity index (χ1n) is 6.23. The van der Waals surface area contributed by atoms with E-state index in [1.54, 1.807) is 30.6 Å². The minimum atomic E-state index is -0.999. The van der Waals surface area contributed by atoms with E-state index in [1.807, 2.05) is 6.92 Å². The van der Waals surface area contributed by atoms with Crippen molar-refractivity contribution in [3.8, 4) is 22.8 Å². The Hall–Kier alpha value is -3.02. The number of rotatable bonds is 3. The Morgan fingerprint density at radius 2 is 2.14 bits per heavy atom. The highest BCUT2D eigenvalue weighted by Crippen LogP contribution is 2.24. The van der Waals surface area contributed by atoms with Crippen molar-refractivity contribution in [3.63, 3.8) is 0 Å². The topological polar surface area (TPSA) is 89.1 Å². The molecule has 0 spiro atoms. The summed E-state index contributed by atoms with van der Waals surface area (Å²) in [5, 5.41) is 12.9. The van der Waals surface area contributed by atoms with Crippen molar-refractivity contribution in [1.29, 1.82) is 0 Å². The Balaban J connectivity index is 2.01. The number of pyridine rings is 1. The zero-order chi connectivity index (χ0) is 14.8. The van der Waals surface area contributed by atoms with E-state index in [-0.39, 0.29) is 11.5 Å². The number of aromatic carboxylic acids is 1. The monoisotopic (exact) mass is 281 g/mol. The van der Waals surface area contributed by atoms with Crippen molar-refractivity contribution in [2.24, 2.45) is 0 Å². The van der Waals surface area contributed by atoms with E-state index in [1.165, 1.54) is 12.1 Å². The Kier molecular flexibility index (Phi) is 3.19. The first kappa shape index (κ1) is 13.0. The Morgan fingerprint density at radius 3 is 2.90 bits per heavy atom. The molecule has 0 bridgehead atoms. The van der Waals surface area contributed by atoms with E-state index >= 15 is 0 Å². The minimum absolute atomic E-state index is 0.173. The van der Waals surface area contributed by atoms with E-state index in [0.29, 0.717) is 11.4 Å². The molecule has 1 aromatic carbocycles. The molecule has 0 radical (unpaired) electrons. The lowest BCUT2D eigenvalue weighted by molar-refractivity contribution is 0.0697. The van der Waals surface area contributed by atoms with Crippen molar-refractivity contribution < 1.29 is 14.4 Å². The van der Waals surface area contributed by atoms with Crippen LogP contribution in [0.25, 0.3) is 22.8 Å². The SMILES string of the molecule is Cc1cnccc1-c1noc(-c2cccc(C(=O)O)c2)n1. The molecule has 3 aromatic rings. The highest BCUT2D eigenvalue weighted by Gasteiger charge is 2.13. The van der Waals surface area contributed by atoms with E-state index in [9.17, 15) is 4.79 Å². The van der Waals surface area contributed by atoms with Gasteiger partial charge in [0.2, 0.25) is 5.82 Å². The summed E-state index contributed by atoms with van der Waals surface area (Å²) >= 11 is 0. The molecule has 2 aromatic heterocycles. The van der Waals surface area contributed by atoms with Crippen LogP contribution in [0.1, 0.15) is 15.9 Å². The summed E-state index contributed by atoms with van der Waals surface area (Å²) in [7, 11) is 0. The van der Waals surface area contributed by atoms with Crippen molar-refractivity contribution >= 4 is 5.97 Å². The third-order valence-corrected chi connectivity index (χ3v) is 3.04. The molecule has 0 saturated heterocycles. The standard InChI is InChI=1S/C15H11N3O3/c1-9-8-16-6-5-12(9)13-17-14(21-18-13)10-3-2-4-11(7-10)15(19)20/h2-8H,1H3,(H,19,20). The Labute approximate surface area is 120 Å². The van der Waals surface area contributed by atoms with Crippen molar-refractivity contribution in [2.45, 2.75) is 6.92 Å². The van der Waals surface area contributed by atoms with Crippen LogP contribution in [-0.2, 0) is 0 Å². The van der Waals surface area contributed by atoms with Crippen LogP contribution < -0.4 is 0 Å². The summed E-state index contributed by atoms with van der Waals surface area (Å²) in [5.41, 5.74) is 2.51. The van der Waals surface area contributed by atoms with Crippen LogP contribution >= 0.6 is 0 Å². The fourth-order valence-corrected chi connectivity index (χ4v) is 1.96. The third-order valence-electron chi connectivity index (χ3n) is 3.04. The quantitative estimate of drug-likeness (QED) is 0.794. The van der Waals surface area contributed by atoms with E-state index in [0.717, 1.165) is 11.1 Å². The van der Waals surface area contributed by atoms with Gasteiger partial charge >= 0.3 is 5.97 Å². The number of hydrogen-bond acceptors (Lipinski definition) is 5. The second-order valence-corrected chi connectivity index (χ2v) is 4.50. The normalized spacial score (nSPS) is 10.5. The van der Waals surface area contributed by atoms with Gasteiger partial charge in [-0.3, -0.25) is 4.98 Å². The highest BCUT2D eigenvalue weighted by molar-refractivity contribution is 5.89. The zero-order valence-corrected chi connectivity index (χ0v) is 11.1. The molecular formula is C15H11N3O3. The molecule has 0 saturated carbocycles. The lowest BCUT2D eigenvalue weighted by Crippen LogP contribution is -1.95. The number of hydrogen-bond donors (Lipinski definition) is 1. The largest absolute Gasteiger partial charge is 0.478 e. The van der Waals surface area contributed by atoms with Gasteiger partial charge < -0.3 is 9.63 Å². The Bertz CT molecular complexity index is 811. The first-order valence-corrected chi connectivity index (χ1v) is 6.23. The van der Waals surface area contributed by atoms with Gasteiger partial charge in [0.15, 0.2) is 0 Å². The Morgan fingerprint density at radius 1 is 1.29 bits per heavy atom. The minimum Gasteiger partial charge on any atom is -0.478 e. The molecule has 0 unspecified atom stereocenters. The van der Waals surface area contributed by atoms with Gasteiger partial charge in [-0.2, -0.15) is 4.98 Å². The molecule has 0 fully saturated rings. The van der Waals surface area contributed by atoms with Gasteiger partial charge in [0.1, 0.15) is 0 Å². The number of carboxylic acid groups (broad SMARTS) is 1. The van der Waals surface area contributed by atoms with Crippen molar-refractivity contribution in [2.75, 3.05) is 0 Å². The molecule has 3 rings (SSSR count). The summed E-state index contributed by atoms with van der Waals surface area (Å²) in [5.74, 6) is -0.267. The van der Waals surface area contributed by atoms with Crippen LogP contribution in [0, 0.1) is 6.92 Å². The van der Waals surface area contributed by atoms with Crippen LogP contribution in [0.3, 0.4) is 0 Å². The maximum atomic E-state index is 11.0. The average Bonchev–Trinajstić information content (AvgIpc) is 2.97. The zero-order valence-electron chi connectivity index (χ0n) is 11.1. The summed E-state index contributed by atoms with van der Waals surface area (Å²) in [4.78, 5) is 19.3. The van der Waals surface area contributed by atoms with Crippen LogP contribution in [0.2, 0.25) is 0 Å². The average molecular weight is 281 g/mol. The molecular weight excluding hydrogens is 270 g/mol. The second-order valence-electron chi connectivity index (χ2n) is 4.50. The van der Waals surface area contributed by atoms with Gasteiger partial charge in [0.25, 0.3) is 5.89 Å². The number of benzene rings is 1. The van der Waals surface area contributed by atoms with Crippen molar-refractivity contribution in [3.05, 3.63) is 53.9 Å². The molecule has 0 atom stereocenters. The fourth-order valence-electron chi connectivity index (χ4n) is 1.96. The van der Waals surface area contributed by atoms with Gasteiger partial charge in [0.05, 0.1) is 5.56 Å². The number of carboxylic acids is 1. The second kappa shape index (κ2) is 5.16. The lowest BCUT2D eigenvalue weighted by Gasteiger charge is -1.98. The molecule has 6 heteroatoms.